The van der Waals surface area contributed by atoms with Gasteiger partial charge in [0, 0.05) is 27.9 Å². The average Bonchev–Trinajstić information content (AvgIpc) is 2.81. The van der Waals surface area contributed by atoms with Crippen LogP contribution in [-0.2, 0) is 0 Å². The Hall–Kier alpha value is -4.09. The third-order valence-corrected chi connectivity index (χ3v) is 5.79. The van der Waals surface area contributed by atoms with E-state index >= 15 is 0 Å². The van der Waals surface area contributed by atoms with E-state index in [1.54, 1.807) is 30.3 Å². The number of nitrogens with one attached hydrogen (secondary N) is 1. The Morgan fingerprint density at radius 1 is 0.818 bits per heavy atom. The molecule has 0 heterocycles. The summed E-state index contributed by atoms with van der Waals surface area (Å²) >= 11 is 6.12. The van der Waals surface area contributed by atoms with Gasteiger partial charge in [0.15, 0.2) is 17.3 Å². The summed E-state index contributed by atoms with van der Waals surface area (Å²) in [5, 5.41) is 3.65. The predicted molar refractivity (Wildman–Crippen MR) is 130 cm³/mol. The van der Waals surface area contributed by atoms with Crippen molar-refractivity contribution in [3.63, 3.8) is 0 Å². The van der Waals surface area contributed by atoms with Gasteiger partial charge in [-0.2, -0.15) is 0 Å². The van der Waals surface area contributed by atoms with E-state index in [4.69, 9.17) is 22.1 Å². The van der Waals surface area contributed by atoms with Crippen LogP contribution in [0.25, 0.3) is 0 Å². The molecule has 0 aliphatic heterocycles. The smallest absolute Gasteiger partial charge is 0.196 e. The number of fused-ring (bicyclic) bond motifs is 2. The highest BCUT2D eigenvalue weighted by Gasteiger charge is 2.35. The number of ketones is 2. The van der Waals surface area contributed by atoms with Gasteiger partial charge in [0.1, 0.15) is 5.75 Å². The molecule has 1 aliphatic carbocycles. The van der Waals surface area contributed by atoms with Crippen molar-refractivity contribution in [2.24, 2.45) is 0 Å². The maximum absolute atomic E-state index is 13.5. The van der Waals surface area contributed by atoms with Crippen LogP contribution in [0.4, 0.5) is 17.1 Å². The highest BCUT2D eigenvalue weighted by atomic mass is 35.5. The van der Waals surface area contributed by atoms with Gasteiger partial charge in [-0.05, 0) is 49.4 Å². The van der Waals surface area contributed by atoms with Crippen molar-refractivity contribution in [2.45, 2.75) is 6.92 Å². The van der Waals surface area contributed by atoms with Crippen molar-refractivity contribution in [2.75, 3.05) is 11.1 Å². The summed E-state index contributed by atoms with van der Waals surface area (Å²) in [6.07, 6.45) is 0. The van der Waals surface area contributed by atoms with Crippen molar-refractivity contribution in [1.82, 2.24) is 0 Å². The van der Waals surface area contributed by atoms with Gasteiger partial charge < -0.3 is 15.8 Å². The fraction of sp³-hybridized carbons (Fsp3) is 0.0370. The number of rotatable bonds is 4. The monoisotopic (exact) mass is 454 g/mol. The van der Waals surface area contributed by atoms with Gasteiger partial charge in [0.25, 0.3) is 0 Å². The molecule has 3 N–H and O–H groups in total. The van der Waals surface area contributed by atoms with E-state index < -0.39 is 0 Å². The zero-order valence-corrected chi connectivity index (χ0v) is 18.4. The van der Waals surface area contributed by atoms with E-state index in [0.717, 1.165) is 11.3 Å². The van der Waals surface area contributed by atoms with Gasteiger partial charge in [-0.3, -0.25) is 9.59 Å². The number of hydrogen-bond acceptors (Lipinski definition) is 5. The number of carbonyl (C=O) groups excluding carboxylic acids is 2. The Morgan fingerprint density at radius 3 is 2.24 bits per heavy atom. The number of nitrogen functional groups attached to an aromatic ring is 1. The Kier molecular flexibility index (Phi) is 5.11. The van der Waals surface area contributed by atoms with Crippen LogP contribution in [0.5, 0.6) is 11.5 Å². The van der Waals surface area contributed by atoms with E-state index in [-0.39, 0.29) is 45.3 Å². The molecule has 0 unspecified atom stereocenters. The van der Waals surface area contributed by atoms with E-state index in [1.807, 2.05) is 49.4 Å². The molecule has 0 spiro atoms. The van der Waals surface area contributed by atoms with Crippen molar-refractivity contribution >= 4 is 40.2 Å². The zero-order chi connectivity index (χ0) is 23.1. The number of benzene rings is 4. The summed E-state index contributed by atoms with van der Waals surface area (Å²) in [7, 11) is 0. The van der Waals surface area contributed by atoms with Crippen LogP contribution < -0.4 is 15.8 Å². The van der Waals surface area contributed by atoms with Crippen LogP contribution in [0.2, 0.25) is 5.02 Å². The van der Waals surface area contributed by atoms with Crippen LogP contribution in [-0.4, -0.2) is 11.6 Å². The molecule has 162 valence electrons. The van der Waals surface area contributed by atoms with Crippen molar-refractivity contribution < 1.29 is 14.3 Å². The van der Waals surface area contributed by atoms with E-state index in [9.17, 15) is 9.59 Å². The third-order valence-electron chi connectivity index (χ3n) is 5.56. The number of aryl methyl sites for hydroxylation is 1. The molecule has 0 aromatic heterocycles. The minimum absolute atomic E-state index is 0.113. The minimum atomic E-state index is -0.348. The summed E-state index contributed by atoms with van der Waals surface area (Å²) in [5.74, 6) is 0.175. The summed E-state index contributed by atoms with van der Waals surface area (Å²) in [4.78, 5) is 27.0. The fourth-order valence-corrected chi connectivity index (χ4v) is 4.08. The van der Waals surface area contributed by atoms with E-state index in [1.165, 1.54) is 6.07 Å². The number of ether oxygens (including phenoxy) is 1. The first-order valence-corrected chi connectivity index (χ1v) is 10.7. The fourth-order valence-electron chi connectivity index (χ4n) is 3.91. The number of halogens is 1. The van der Waals surface area contributed by atoms with Crippen LogP contribution >= 0.6 is 11.6 Å². The number of nitrogens with two attached hydrogens (primary N) is 1. The first-order valence-electron chi connectivity index (χ1n) is 10.3. The van der Waals surface area contributed by atoms with Crippen LogP contribution in [0.1, 0.15) is 37.4 Å². The molecule has 1 aliphatic rings. The number of para-hydroxylation sites is 1. The predicted octanol–water partition coefficient (Wildman–Crippen LogP) is 6.54. The topological polar surface area (TPSA) is 81.4 Å². The van der Waals surface area contributed by atoms with Crippen molar-refractivity contribution in [3.8, 4) is 11.5 Å². The molecule has 6 heteroatoms. The van der Waals surface area contributed by atoms with Crippen LogP contribution in [0.15, 0.2) is 78.9 Å². The molecular formula is C27H19ClN2O3. The average molecular weight is 455 g/mol. The minimum Gasteiger partial charge on any atom is -0.455 e. The lowest BCUT2D eigenvalue weighted by molar-refractivity contribution is 0.0980. The number of carbonyl (C=O) groups is 2. The second-order valence-electron chi connectivity index (χ2n) is 7.84. The number of anilines is 3. The lowest BCUT2D eigenvalue weighted by Gasteiger charge is -2.24. The molecule has 0 saturated carbocycles. The van der Waals surface area contributed by atoms with Gasteiger partial charge in [-0.15, -0.1) is 0 Å². The largest absolute Gasteiger partial charge is 0.455 e. The Bertz CT molecular complexity index is 1410. The molecule has 4 aromatic rings. The first kappa shape index (κ1) is 20.8. The Morgan fingerprint density at radius 2 is 1.52 bits per heavy atom. The third kappa shape index (κ3) is 3.73. The summed E-state index contributed by atoms with van der Waals surface area (Å²) in [6, 6.07) is 23.1. The molecule has 4 aromatic carbocycles. The molecular weight excluding hydrogens is 436 g/mol. The molecule has 0 radical (unpaired) electrons. The SMILES string of the molecule is Cc1ccc(Nc2cc(Oc3ccccc3)c(N)c3c2C(=O)c2cc(Cl)ccc2C3=O)cc1. The summed E-state index contributed by atoms with van der Waals surface area (Å²) < 4.78 is 6.01. The summed E-state index contributed by atoms with van der Waals surface area (Å²) in [6.45, 7) is 1.99. The highest BCUT2D eigenvalue weighted by molar-refractivity contribution is 6.35. The molecule has 33 heavy (non-hydrogen) atoms. The Balaban J connectivity index is 1.71. The molecule has 0 amide bonds. The first-order chi connectivity index (χ1) is 15.9. The maximum Gasteiger partial charge on any atom is 0.196 e. The molecule has 0 atom stereocenters. The van der Waals surface area contributed by atoms with Crippen LogP contribution in [0.3, 0.4) is 0 Å². The number of hydrogen-bond donors (Lipinski definition) is 2. The van der Waals surface area contributed by atoms with Crippen molar-refractivity contribution in [3.05, 3.63) is 112 Å². The van der Waals surface area contributed by atoms with Crippen LogP contribution in [0, 0.1) is 6.92 Å². The zero-order valence-electron chi connectivity index (χ0n) is 17.7. The molecule has 0 bridgehead atoms. The van der Waals surface area contributed by atoms with Gasteiger partial charge in [0.05, 0.1) is 22.5 Å². The van der Waals surface area contributed by atoms with Gasteiger partial charge >= 0.3 is 0 Å². The van der Waals surface area contributed by atoms with Gasteiger partial charge in [-0.1, -0.05) is 47.5 Å². The lowest BCUT2D eigenvalue weighted by Crippen LogP contribution is -2.24. The van der Waals surface area contributed by atoms with E-state index in [0.29, 0.717) is 16.5 Å². The maximum atomic E-state index is 13.5. The second-order valence-corrected chi connectivity index (χ2v) is 8.28. The quantitative estimate of drug-likeness (QED) is 0.301. The standard InChI is InChI=1S/C27H19ClN2O3/c1-15-7-10-17(11-8-15)30-21-14-22(33-18-5-3-2-4-6-18)25(29)24-23(21)27(32)20-13-16(28)9-12-19(20)26(24)31/h2-14,30H,29H2,1H3. The molecule has 5 nitrogen and oxygen atoms in total. The Labute approximate surface area is 195 Å². The highest BCUT2D eigenvalue weighted by Crippen LogP contribution is 2.43. The molecule has 0 fully saturated rings. The van der Waals surface area contributed by atoms with Crippen molar-refractivity contribution in [1.29, 1.82) is 0 Å². The van der Waals surface area contributed by atoms with E-state index in [2.05, 4.69) is 5.32 Å². The summed E-state index contributed by atoms with van der Waals surface area (Å²) in [5.41, 5.74) is 9.67. The van der Waals surface area contributed by atoms with Gasteiger partial charge in [-0.25, -0.2) is 0 Å². The van der Waals surface area contributed by atoms with Gasteiger partial charge in [0.2, 0.25) is 0 Å². The molecule has 5 rings (SSSR count). The molecule has 0 saturated heterocycles. The normalized spacial score (nSPS) is 12.2. The second kappa shape index (κ2) is 8.11. The lowest BCUT2D eigenvalue weighted by atomic mass is 9.82.